The van der Waals surface area contributed by atoms with E-state index in [9.17, 15) is 9.59 Å². The number of anilines is 2. The lowest BCUT2D eigenvalue weighted by molar-refractivity contribution is -0.125. The van der Waals surface area contributed by atoms with Gasteiger partial charge in [-0.25, -0.2) is 4.68 Å². The van der Waals surface area contributed by atoms with Crippen molar-refractivity contribution in [1.29, 1.82) is 0 Å². The second-order valence-electron chi connectivity index (χ2n) is 7.57. The molecule has 1 aromatic heterocycles. The number of nitrogens with zero attached hydrogens (tertiary/aromatic N) is 2. The van der Waals surface area contributed by atoms with Gasteiger partial charge in [0.25, 0.3) is 0 Å². The normalized spacial score (nSPS) is 15.3. The Hall–Kier alpha value is -3.61. The summed E-state index contributed by atoms with van der Waals surface area (Å²) >= 11 is 0. The Kier molecular flexibility index (Phi) is 5.03. The van der Waals surface area contributed by atoms with Gasteiger partial charge in [0.05, 0.1) is 19.2 Å². The maximum absolute atomic E-state index is 13.1. The summed E-state index contributed by atoms with van der Waals surface area (Å²) in [6, 6.07) is 12.6. The first-order valence-electron chi connectivity index (χ1n) is 9.79. The van der Waals surface area contributed by atoms with Crippen LogP contribution in [0.2, 0.25) is 0 Å². The van der Waals surface area contributed by atoms with Crippen LogP contribution in [0.5, 0.6) is 5.75 Å². The first-order chi connectivity index (χ1) is 14.4. The minimum Gasteiger partial charge on any atom is -0.497 e. The third-order valence-electron chi connectivity index (χ3n) is 5.38. The van der Waals surface area contributed by atoms with E-state index in [0.717, 1.165) is 39.4 Å². The molecular formula is C23H24N4O3. The van der Waals surface area contributed by atoms with Crippen molar-refractivity contribution in [3.8, 4) is 17.0 Å². The number of fused-ring (bicyclic) bond motifs is 1. The monoisotopic (exact) mass is 404 g/mol. The molecule has 30 heavy (non-hydrogen) atoms. The Morgan fingerprint density at radius 1 is 1.17 bits per heavy atom. The van der Waals surface area contributed by atoms with Crippen LogP contribution in [0.4, 0.5) is 11.5 Å². The fourth-order valence-electron chi connectivity index (χ4n) is 3.74. The lowest BCUT2D eigenvalue weighted by Crippen LogP contribution is -2.36. The van der Waals surface area contributed by atoms with Crippen molar-refractivity contribution >= 4 is 23.3 Å². The van der Waals surface area contributed by atoms with Crippen LogP contribution in [0, 0.1) is 20.8 Å². The molecule has 0 aliphatic carbocycles. The molecule has 1 aliphatic rings. The fourth-order valence-corrected chi connectivity index (χ4v) is 3.74. The second kappa shape index (κ2) is 7.67. The summed E-state index contributed by atoms with van der Waals surface area (Å²) in [4.78, 5) is 25.4. The number of hydrogen-bond acceptors (Lipinski definition) is 4. The third kappa shape index (κ3) is 3.54. The molecule has 1 aliphatic heterocycles. The van der Waals surface area contributed by atoms with Gasteiger partial charge in [-0.15, -0.1) is 0 Å². The summed E-state index contributed by atoms with van der Waals surface area (Å²) in [6.07, 6.45) is 0.0346. The van der Waals surface area contributed by atoms with Gasteiger partial charge in [0.2, 0.25) is 11.8 Å². The van der Waals surface area contributed by atoms with Crippen LogP contribution in [-0.2, 0) is 9.59 Å². The van der Waals surface area contributed by atoms with Gasteiger partial charge in [-0.2, -0.15) is 5.10 Å². The number of carbonyl (C=O) groups excluding carboxylic acids is 2. The van der Waals surface area contributed by atoms with E-state index >= 15 is 0 Å². The Balaban J connectivity index is 1.68. The van der Waals surface area contributed by atoms with Crippen molar-refractivity contribution in [2.75, 3.05) is 17.7 Å². The van der Waals surface area contributed by atoms with E-state index in [0.29, 0.717) is 5.82 Å². The standard InChI is InChI=1S/C23H24N4O3/c1-13-5-10-18(14(2)11-13)24-23(29)19-12-20(28)25-22-15(3)21(26-27(19)22)16-6-8-17(30-4)9-7-16/h5-11,19H,12H2,1-4H3,(H,24,29)(H,25,28)/t19-/m1/s1. The summed E-state index contributed by atoms with van der Waals surface area (Å²) < 4.78 is 6.84. The molecule has 2 aromatic carbocycles. The number of rotatable bonds is 4. The molecule has 2 N–H and O–H groups in total. The van der Waals surface area contributed by atoms with Gasteiger partial charge in [0, 0.05) is 16.8 Å². The number of methoxy groups -OCH3 is 1. The van der Waals surface area contributed by atoms with Gasteiger partial charge in [-0.1, -0.05) is 17.7 Å². The minimum absolute atomic E-state index is 0.0346. The topological polar surface area (TPSA) is 85.2 Å². The van der Waals surface area contributed by atoms with E-state index in [4.69, 9.17) is 9.84 Å². The number of hydrogen-bond donors (Lipinski definition) is 2. The van der Waals surface area contributed by atoms with Crippen LogP contribution in [0.3, 0.4) is 0 Å². The van der Waals surface area contributed by atoms with Gasteiger partial charge in [0.15, 0.2) is 0 Å². The van der Waals surface area contributed by atoms with E-state index in [1.165, 1.54) is 0 Å². The van der Waals surface area contributed by atoms with Crippen LogP contribution < -0.4 is 15.4 Å². The molecule has 7 heteroatoms. The lowest BCUT2D eigenvalue weighted by Gasteiger charge is -2.24. The average molecular weight is 404 g/mol. The van der Waals surface area contributed by atoms with E-state index in [2.05, 4.69) is 10.6 Å². The highest BCUT2D eigenvalue weighted by molar-refractivity contribution is 6.02. The zero-order chi connectivity index (χ0) is 21.4. The van der Waals surface area contributed by atoms with Crippen molar-refractivity contribution in [2.24, 2.45) is 0 Å². The summed E-state index contributed by atoms with van der Waals surface area (Å²) in [5, 5.41) is 10.5. The van der Waals surface area contributed by atoms with E-state index in [1.807, 2.05) is 63.2 Å². The molecule has 3 aromatic rings. The number of amides is 2. The molecule has 0 unspecified atom stereocenters. The Bertz CT molecular complexity index is 1130. The number of benzene rings is 2. The summed E-state index contributed by atoms with van der Waals surface area (Å²) in [5.41, 5.74) is 5.25. The van der Waals surface area contributed by atoms with Crippen molar-refractivity contribution in [3.05, 3.63) is 59.2 Å². The van der Waals surface area contributed by atoms with Gasteiger partial charge in [0.1, 0.15) is 17.6 Å². The number of carbonyl (C=O) groups is 2. The first kappa shape index (κ1) is 19.7. The van der Waals surface area contributed by atoms with E-state index < -0.39 is 6.04 Å². The van der Waals surface area contributed by atoms with Crippen LogP contribution in [0.15, 0.2) is 42.5 Å². The van der Waals surface area contributed by atoms with Crippen molar-refractivity contribution in [3.63, 3.8) is 0 Å². The fraction of sp³-hybridized carbons (Fsp3) is 0.261. The number of aromatic nitrogens is 2. The zero-order valence-electron chi connectivity index (χ0n) is 17.4. The Morgan fingerprint density at radius 2 is 1.90 bits per heavy atom. The average Bonchev–Trinajstić information content (AvgIpc) is 3.06. The number of nitrogens with one attached hydrogen (secondary N) is 2. The minimum atomic E-state index is -0.722. The van der Waals surface area contributed by atoms with E-state index in [-0.39, 0.29) is 18.2 Å². The third-order valence-corrected chi connectivity index (χ3v) is 5.38. The Morgan fingerprint density at radius 3 is 2.57 bits per heavy atom. The predicted molar refractivity (Wildman–Crippen MR) is 116 cm³/mol. The Labute approximate surface area is 175 Å². The highest BCUT2D eigenvalue weighted by atomic mass is 16.5. The molecule has 1 atom stereocenters. The largest absolute Gasteiger partial charge is 0.497 e. The van der Waals surface area contributed by atoms with Crippen LogP contribution >= 0.6 is 0 Å². The highest BCUT2D eigenvalue weighted by Gasteiger charge is 2.34. The molecule has 0 bridgehead atoms. The SMILES string of the molecule is COc1ccc(-c2nn3c(c2C)NC(=O)C[C@@H]3C(=O)Nc2ccc(C)cc2C)cc1. The quantitative estimate of drug-likeness (QED) is 0.688. The van der Waals surface area contributed by atoms with Crippen LogP contribution in [0.25, 0.3) is 11.3 Å². The predicted octanol–water partition coefficient (Wildman–Crippen LogP) is 4.01. The summed E-state index contributed by atoms with van der Waals surface area (Å²) in [5.74, 6) is 0.839. The van der Waals surface area contributed by atoms with Gasteiger partial charge in [-0.3, -0.25) is 9.59 Å². The molecule has 0 spiro atoms. The van der Waals surface area contributed by atoms with Crippen LogP contribution in [0.1, 0.15) is 29.2 Å². The summed E-state index contributed by atoms with van der Waals surface area (Å²) in [6.45, 7) is 5.84. The van der Waals surface area contributed by atoms with Gasteiger partial charge in [-0.05, 0) is 56.7 Å². The highest BCUT2D eigenvalue weighted by Crippen LogP contribution is 2.35. The molecule has 2 amide bonds. The van der Waals surface area contributed by atoms with Crippen molar-refractivity contribution in [2.45, 2.75) is 33.2 Å². The van der Waals surface area contributed by atoms with Crippen molar-refractivity contribution < 1.29 is 14.3 Å². The molecule has 154 valence electrons. The second-order valence-corrected chi connectivity index (χ2v) is 7.57. The van der Waals surface area contributed by atoms with Crippen molar-refractivity contribution in [1.82, 2.24) is 9.78 Å². The van der Waals surface area contributed by atoms with E-state index in [1.54, 1.807) is 11.8 Å². The van der Waals surface area contributed by atoms with Crippen LogP contribution in [-0.4, -0.2) is 28.7 Å². The first-order valence-corrected chi connectivity index (χ1v) is 9.79. The molecule has 2 heterocycles. The van der Waals surface area contributed by atoms with Gasteiger partial charge < -0.3 is 15.4 Å². The molecule has 0 saturated carbocycles. The molecule has 4 rings (SSSR count). The maximum Gasteiger partial charge on any atom is 0.249 e. The molecule has 7 nitrogen and oxygen atoms in total. The lowest BCUT2D eigenvalue weighted by atomic mass is 10.1. The number of aryl methyl sites for hydroxylation is 2. The maximum atomic E-state index is 13.1. The smallest absolute Gasteiger partial charge is 0.249 e. The number of ether oxygens (including phenoxy) is 1. The summed E-state index contributed by atoms with van der Waals surface area (Å²) in [7, 11) is 1.62. The molecule has 0 fully saturated rings. The van der Waals surface area contributed by atoms with Gasteiger partial charge >= 0.3 is 0 Å². The molecular weight excluding hydrogens is 380 g/mol. The molecule has 0 saturated heterocycles. The molecule has 0 radical (unpaired) electrons. The zero-order valence-corrected chi connectivity index (χ0v) is 17.4.